The third-order valence-electron chi connectivity index (χ3n) is 4.38. The van der Waals surface area contributed by atoms with Crippen LogP contribution in [-0.2, 0) is 0 Å². The summed E-state index contributed by atoms with van der Waals surface area (Å²) in [5.74, 6) is 0.121. The van der Waals surface area contributed by atoms with Gasteiger partial charge in [-0.25, -0.2) is 0 Å². The molecule has 0 radical (unpaired) electrons. The van der Waals surface area contributed by atoms with Crippen molar-refractivity contribution >= 4 is 28.9 Å². The van der Waals surface area contributed by atoms with E-state index in [1.807, 2.05) is 49.3 Å². The zero-order valence-electron chi connectivity index (χ0n) is 16.6. The standard InChI is InChI=1S/C23H23N3O3/c1-26(2)19-8-6-7-17(15-19)23(28)24-18-13-11-16(12-14-18)22(27)25-20-9-4-5-10-21(20)29-3/h4-15H,1-3H3,(H,24,28)(H,25,27). The molecule has 2 N–H and O–H groups in total. The predicted molar refractivity (Wildman–Crippen MR) is 116 cm³/mol. The molecule has 3 aromatic rings. The minimum absolute atomic E-state index is 0.208. The van der Waals surface area contributed by atoms with Crippen molar-refractivity contribution in [3.63, 3.8) is 0 Å². The Kier molecular flexibility index (Phi) is 6.14. The second-order valence-corrected chi connectivity index (χ2v) is 6.63. The van der Waals surface area contributed by atoms with Crippen LogP contribution in [0.5, 0.6) is 5.75 Å². The fourth-order valence-corrected chi connectivity index (χ4v) is 2.78. The van der Waals surface area contributed by atoms with Crippen molar-refractivity contribution in [3.8, 4) is 5.75 Å². The van der Waals surface area contributed by atoms with Gasteiger partial charge in [0.25, 0.3) is 11.8 Å². The maximum Gasteiger partial charge on any atom is 0.255 e. The minimum atomic E-state index is -0.258. The number of hydrogen-bond donors (Lipinski definition) is 2. The first-order valence-electron chi connectivity index (χ1n) is 9.11. The summed E-state index contributed by atoms with van der Waals surface area (Å²) in [4.78, 5) is 26.9. The normalized spacial score (nSPS) is 10.2. The van der Waals surface area contributed by atoms with E-state index in [4.69, 9.17) is 4.74 Å². The van der Waals surface area contributed by atoms with Crippen LogP contribution < -0.4 is 20.3 Å². The summed E-state index contributed by atoms with van der Waals surface area (Å²) in [7, 11) is 5.40. The number of rotatable bonds is 6. The number of nitrogens with zero attached hydrogens (tertiary/aromatic N) is 1. The Balaban J connectivity index is 1.67. The molecule has 0 atom stereocenters. The van der Waals surface area contributed by atoms with E-state index in [9.17, 15) is 9.59 Å². The first-order valence-corrected chi connectivity index (χ1v) is 9.11. The van der Waals surface area contributed by atoms with Gasteiger partial charge in [-0.3, -0.25) is 9.59 Å². The average molecular weight is 389 g/mol. The lowest BCUT2D eigenvalue weighted by atomic mass is 10.1. The molecule has 29 heavy (non-hydrogen) atoms. The van der Waals surface area contributed by atoms with E-state index in [2.05, 4.69) is 10.6 Å². The molecule has 6 heteroatoms. The number of benzene rings is 3. The van der Waals surface area contributed by atoms with Crippen LogP contribution in [0.2, 0.25) is 0 Å². The Morgan fingerprint density at radius 3 is 2.17 bits per heavy atom. The quantitative estimate of drug-likeness (QED) is 0.661. The van der Waals surface area contributed by atoms with Crippen molar-refractivity contribution in [2.45, 2.75) is 0 Å². The van der Waals surface area contributed by atoms with Crippen molar-refractivity contribution in [3.05, 3.63) is 83.9 Å². The molecule has 0 unspecified atom stereocenters. The first kappa shape index (κ1) is 19.9. The number of hydrogen-bond acceptors (Lipinski definition) is 4. The molecule has 0 aromatic heterocycles. The summed E-state index contributed by atoms with van der Waals surface area (Å²) in [6.07, 6.45) is 0. The molecule has 0 aliphatic carbocycles. The van der Waals surface area contributed by atoms with Crippen LogP contribution in [0.3, 0.4) is 0 Å². The number of carbonyl (C=O) groups excluding carboxylic acids is 2. The van der Waals surface area contributed by atoms with Crippen LogP contribution in [0.15, 0.2) is 72.8 Å². The summed E-state index contributed by atoms with van der Waals surface area (Å²) >= 11 is 0. The van der Waals surface area contributed by atoms with Crippen LogP contribution in [-0.4, -0.2) is 33.0 Å². The molecule has 0 saturated carbocycles. The van der Waals surface area contributed by atoms with E-state index in [-0.39, 0.29) is 11.8 Å². The van der Waals surface area contributed by atoms with Gasteiger partial charge < -0.3 is 20.3 Å². The van der Waals surface area contributed by atoms with E-state index >= 15 is 0 Å². The Labute approximate surface area is 170 Å². The second kappa shape index (κ2) is 8.93. The van der Waals surface area contributed by atoms with Gasteiger partial charge in [-0.15, -0.1) is 0 Å². The number of para-hydroxylation sites is 2. The second-order valence-electron chi connectivity index (χ2n) is 6.63. The summed E-state index contributed by atoms with van der Waals surface area (Å²) < 4.78 is 5.24. The molecular weight excluding hydrogens is 366 g/mol. The molecular formula is C23H23N3O3. The lowest BCUT2D eigenvalue weighted by Gasteiger charge is -2.13. The average Bonchev–Trinajstić information content (AvgIpc) is 2.74. The Morgan fingerprint density at radius 1 is 0.793 bits per heavy atom. The highest BCUT2D eigenvalue weighted by Crippen LogP contribution is 2.24. The molecule has 3 rings (SSSR count). The number of carbonyl (C=O) groups is 2. The zero-order valence-corrected chi connectivity index (χ0v) is 16.6. The van der Waals surface area contributed by atoms with Gasteiger partial charge in [0, 0.05) is 36.6 Å². The monoisotopic (exact) mass is 389 g/mol. The molecule has 0 heterocycles. The van der Waals surface area contributed by atoms with Crippen molar-refractivity contribution in [2.24, 2.45) is 0 Å². The summed E-state index contributed by atoms with van der Waals surface area (Å²) in [5.41, 5.74) is 3.19. The summed E-state index contributed by atoms with van der Waals surface area (Å²) in [6.45, 7) is 0. The lowest BCUT2D eigenvalue weighted by Crippen LogP contribution is -2.15. The molecule has 0 aliphatic rings. The van der Waals surface area contributed by atoms with Gasteiger partial charge in [0.05, 0.1) is 12.8 Å². The highest BCUT2D eigenvalue weighted by molar-refractivity contribution is 6.07. The predicted octanol–water partition coefficient (Wildman–Crippen LogP) is 4.27. The third kappa shape index (κ3) is 4.93. The number of nitrogens with one attached hydrogen (secondary N) is 2. The Morgan fingerprint density at radius 2 is 1.48 bits per heavy atom. The molecule has 2 amide bonds. The molecule has 0 fully saturated rings. The van der Waals surface area contributed by atoms with Gasteiger partial charge in [-0.1, -0.05) is 18.2 Å². The van der Waals surface area contributed by atoms with E-state index in [0.29, 0.717) is 28.3 Å². The van der Waals surface area contributed by atoms with Gasteiger partial charge in [0.2, 0.25) is 0 Å². The SMILES string of the molecule is COc1ccccc1NC(=O)c1ccc(NC(=O)c2cccc(N(C)C)c2)cc1. The van der Waals surface area contributed by atoms with Gasteiger partial charge in [0.15, 0.2) is 0 Å². The fourth-order valence-electron chi connectivity index (χ4n) is 2.78. The highest BCUT2D eigenvalue weighted by atomic mass is 16.5. The summed E-state index contributed by atoms with van der Waals surface area (Å²) in [6, 6.07) is 21.3. The van der Waals surface area contributed by atoms with E-state index in [1.54, 1.807) is 49.6 Å². The maximum absolute atomic E-state index is 12.5. The maximum atomic E-state index is 12.5. The van der Waals surface area contributed by atoms with Gasteiger partial charge >= 0.3 is 0 Å². The van der Waals surface area contributed by atoms with Crippen molar-refractivity contribution < 1.29 is 14.3 Å². The fraction of sp³-hybridized carbons (Fsp3) is 0.130. The van der Waals surface area contributed by atoms with Crippen molar-refractivity contribution in [1.82, 2.24) is 0 Å². The molecule has 0 bridgehead atoms. The number of ether oxygens (including phenoxy) is 1. The topological polar surface area (TPSA) is 70.7 Å². The molecule has 0 saturated heterocycles. The van der Waals surface area contributed by atoms with Crippen molar-refractivity contribution in [1.29, 1.82) is 0 Å². The van der Waals surface area contributed by atoms with E-state index in [0.717, 1.165) is 5.69 Å². The van der Waals surface area contributed by atoms with Crippen LogP contribution in [0, 0.1) is 0 Å². The van der Waals surface area contributed by atoms with E-state index < -0.39 is 0 Å². The number of amides is 2. The van der Waals surface area contributed by atoms with Crippen LogP contribution >= 0.6 is 0 Å². The Hall–Kier alpha value is -3.80. The van der Waals surface area contributed by atoms with Gasteiger partial charge in [-0.2, -0.15) is 0 Å². The minimum Gasteiger partial charge on any atom is -0.495 e. The largest absolute Gasteiger partial charge is 0.495 e. The third-order valence-corrected chi connectivity index (χ3v) is 4.38. The van der Waals surface area contributed by atoms with Crippen LogP contribution in [0.4, 0.5) is 17.1 Å². The molecule has 0 spiro atoms. The number of anilines is 3. The number of methoxy groups -OCH3 is 1. The van der Waals surface area contributed by atoms with Crippen molar-refractivity contribution in [2.75, 3.05) is 36.7 Å². The highest BCUT2D eigenvalue weighted by Gasteiger charge is 2.11. The van der Waals surface area contributed by atoms with Gasteiger partial charge in [0.1, 0.15) is 5.75 Å². The zero-order chi connectivity index (χ0) is 20.8. The van der Waals surface area contributed by atoms with Crippen LogP contribution in [0.1, 0.15) is 20.7 Å². The van der Waals surface area contributed by atoms with Gasteiger partial charge in [-0.05, 0) is 54.6 Å². The molecule has 6 nitrogen and oxygen atoms in total. The molecule has 0 aliphatic heterocycles. The smallest absolute Gasteiger partial charge is 0.255 e. The first-order chi connectivity index (χ1) is 14.0. The Bertz CT molecular complexity index is 1010. The van der Waals surface area contributed by atoms with Crippen LogP contribution in [0.25, 0.3) is 0 Å². The van der Waals surface area contributed by atoms with E-state index in [1.165, 1.54) is 0 Å². The summed E-state index contributed by atoms with van der Waals surface area (Å²) in [5, 5.41) is 5.67. The molecule has 3 aromatic carbocycles. The lowest BCUT2D eigenvalue weighted by molar-refractivity contribution is 0.101. The molecule has 148 valence electrons.